The third kappa shape index (κ3) is 3.91. The molecule has 0 amide bonds. The summed E-state index contributed by atoms with van der Waals surface area (Å²) in [7, 11) is 0. The minimum atomic E-state index is 0.555. The van der Waals surface area contributed by atoms with Crippen LogP contribution in [0.25, 0.3) is 0 Å². The van der Waals surface area contributed by atoms with E-state index in [2.05, 4.69) is 58.9 Å². The Hall–Kier alpha value is -1.98. The van der Waals surface area contributed by atoms with Crippen molar-refractivity contribution in [1.82, 2.24) is 4.90 Å². The lowest BCUT2D eigenvalue weighted by Crippen LogP contribution is -2.40. The van der Waals surface area contributed by atoms with Gasteiger partial charge in [0.25, 0.3) is 0 Å². The summed E-state index contributed by atoms with van der Waals surface area (Å²) in [5.41, 5.74) is 9.59. The van der Waals surface area contributed by atoms with E-state index in [9.17, 15) is 0 Å². The number of anilines is 1. The molecule has 1 aliphatic rings. The summed E-state index contributed by atoms with van der Waals surface area (Å²) in [6.45, 7) is 3.03. The first-order valence-electron chi connectivity index (χ1n) is 8.28. The van der Waals surface area contributed by atoms with E-state index in [1.54, 1.807) is 11.8 Å². The molecule has 0 saturated carbocycles. The van der Waals surface area contributed by atoms with Gasteiger partial charge in [0.05, 0.1) is 12.2 Å². The highest BCUT2D eigenvalue weighted by molar-refractivity contribution is 7.98. The third-order valence-electron chi connectivity index (χ3n) is 4.17. The van der Waals surface area contributed by atoms with E-state index in [1.807, 2.05) is 6.07 Å². The number of aliphatic imine (C=N–C) groups is 1. The van der Waals surface area contributed by atoms with E-state index in [1.165, 1.54) is 16.0 Å². The fraction of sp³-hybridized carbons (Fsp3) is 0.316. The molecule has 3 rings (SSSR count). The van der Waals surface area contributed by atoms with Gasteiger partial charge in [-0.3, -0.25) is 4.99 Å². The number of para-hydroxylation sites is 1. The van der Waals surface area contributed by atoms with Crippen molar-refractivity contribution in [2.24, 2.45) is 10.7 Å². The van der Waals surface area contributed by atoms with Gasteiger partial charge in [-0.15, -0.1) is 11.8 Å². The fourth-order valence-corrected chi connectivity index (χ4v) is 3.49. The van der Waals surface area contributed by atoms with Crippen molar-refractivity contribution in [3.8, 4) is 0 Å². The minimum Gasteiger partial charge on any atom is -0.338 e. The molecule has 4 nitrogen and oxygen atoms in total. The van der Waals surface area contributed by atoms with Gasteiger partial charge >= 0.3 is 0 Å². The molecular formula is C19H24N4S. The monoisotopic (exact) mass is 340 g/mol. The molecule has 1 heterocycles. The third-order valence-corrected chi connectivity index (χ3v) is 4.97. The summed E-state index contributed by atoms with van der Waals surface area (Å²) in [5.74, 6) is 0.913. The number of guanidine groups is 1. The molecule has 0 fully saturated rings. The molecule has 0 aromatic heterocycles. The summed E-state index contributed by atoms with van der Waals surface area (Å²) in [5, 5.41) is 3.53. The van der Waals surface area contributed by atoms with Crippen LogP contribution >= 0.6 is 11.8 Å². The van der Waals surface area contributed by atoms with E-state index in [0.29, 0.717) is 13.1 Å². The van der Waals surface area contributed by atoms with Crippen molar-refractivity contribution < 1.29 is 0 Å². The van der Waals surface area contributed by atoms with Crippen LogP contribution in [0, 0.1) is 0 Å². The maximum Gasteiger partial charge on any atom is 0.198 e. The Morgan fingerprint density at radius 3 is 2.71 bits per heavy atom. The van der Waals surface area contributed by atoms with E-state index in [4.69, 9.17) is 10.7 Å². The first kappa shape index (κ1) is 16.9. The summed E-state index contributed by atoms with van der Waals surface area (Å²) >= 11 is 1.74. The number of nitrogens with two attached hydrogens (primary N) is 1. The largest absolute Gasteiger partial charge is 0.338 e. The number of thioether (sulfide) groups is 1. The smallest absolute Gasteiger partial charge is 0.198 e. The maximum atomic E-state index is 5.67. The highest BCUT2D eigenvalue weighted by atomic mass is 32.2. The molecule has 0 aliphatic carbocycles. The van der Waals surface area contributed by atoms with Crippen LogP contribution in [0.1, 0.15) is 11.1 Å². The lowest BCUT2D eigenvalue weighted by molar-refractivity contribution is 0.391. The van der Waals surface area contributed by atoms with Crippen LogP contribution in [0.5, 0.6) is 0 Å². The number of hydrogen-bond donors (Lipinski definition) is 2. The van der Waals surface area contributed by atoms with Gasteiger partial charge in [0.2, 0.25) is 0 Å². The summed E-state index contributed by atoms with van der Waals surface area (Å²) in [4.78, 5) is 8.24. The molecule has 3 N–H and O–H groups in total. The van der Waals surface area contributed by atoms with Crippen molar-refractivity contribution in [2.75, 3.05) is 31.2 Å². The first-order chi connectivity index (χ1) is 11.8. The molecule has 2 aromatic carbocycles. The normalized spacial score (nSPS) is 14.4. The quantitative estimate of drug-likeness (QED) is 0.510. The molecule has 0 radical (unpaired) electrons. The average Bonchev–Trinajstić information content (AvgIpc) is 2.65. The Kier molecular flexibility index (Phi) is 5.77. The molecular weight excluding hydrogens is 316 g/mol. The van der Waals surface area contributed by atoms with Crippen LogP contribution < -0.4 is 11.1 Å². The zero-order valence-corrected chi connectivity index (χ0v) is 14.9. The molecule has 5 heteroatoms. The van der Waals surface area contributed by atoms with Gasteiger partial charge in [-0.05, 0) is 35.9 Å². The van der Waals surface area contributed by atoms with Crippen LogP contribution in [-0.4, -0.2) is 36.7 Å². The van der Waals surface area contributed by atoms with Crippen LogP contribution in [-0.2, 0) is 13.0 Å². The van der Waals surface area contributed by atoms with Gasteiger partial charge in [0, 0.05) is 24.5 Å². The van der Waals surface area contributed by atoms with Gasteiger partial charge in [-0.1, -0.05) is 36.4 Å². The van der Waals surface area contributed by atoms with Crippen LogP contribution in [0.15, 0.2) is 58.4 Å². The molecule has 1 aliphatic heterocycles. The standard InChI is InChI=1S/C19H24N4S/c1-24-18-9-5-4-8-17(18)22-19(21-12-11-20)23-13-10-15-6-2-3-7-16(15)14-23/h2-9H,10-14,20H2,1H3,(H,21,22). The minimum absolute atomic E-state index is 0.555. The maximum absolute atomic E-state index is 5.67. The van der Waals surface area contributed by atoms with Crippen molar-refractivity contribution in [1.29, 1.82) is 0 Å². The van der Waals surface area contributed by atoms with Crippen molar-refractivity contribution in [3.05, 3.63) is 59.7 Å². The second kappa shape index (κ2) is 8.22. The van der Waals surface area contributed by atoms with Gasteiger partial charge in [0.1, 0.15) is 0 Å². The molecule has 0 saturated heterocycles. The first-order valence-corrected chi connectivity index (χ1v) is 9.50. The van der Waals surface area contributed by atoms with Crippen molar-refractivity contribution in [2.45, 2.75) is 17.9 Å². The predicted octanol–water partition coefficient (Wildman–Crippen LogP) is 3.19. The number of hydrogen-bond acceptors (Lipinski definition) is 3. The Balaban J connectivity index is 1.83. The predicted molar refractivity (Wildman–Crippen MR) is 104 cm³/mol. The molecule has 0 atom stereocenters. The number of rotatable bonds is 4. The van der Waals surface area contributed by atoms with Crippen LogP contribution in [0.4, 0.5) is 5.69 Å². The zero-order valence-electron chi connectivity index (χ0n) is 14.0. The fourth-order valence-electron chi connectivity index (χ4n) is 2.93. The molecule has 24 heavy (non-hydrogen) atoms. The lowest BCUT2D eigenvalue weighted by atomic mass is 10.0. The Bertz CT molecular complexity index is 714. The molecule has 0 bridgehead atoms. The van der Waals surface area contributed by atoms with Crippen LogP contribution in [0.2, 0.25) is 0 Å². The summed E-state index contributed by atoms with van der Waals surface area (Å²) in [6, 6.07) is 17.0. The van der Waals surface area contributed by atoms with E-state index < -0.39 is 0 Å². The molecule has 2 aromatic rings. The molecule has 0 unspecified atom stereocenters. The number of nitrogens with one attached hydrogen (secondary N) is 1. The lowest BCUT2D eigenvalue weighted by Gasteiger charge is -2.32. The second-order valence-corrected chi connectivity index (χ2v) is 6.61. The molecule has 126 valence electrons. The van der Waals surface area contributed by atoms with Gasteiger partial charge < -0.3 is 16.0 Å². The highest BCUT2D eigenvalue weighted by Crippen LogP contribution is 2.26. The SMILES string of the molecule is CSc1ccccc1NC(=NCCN)N1CCc2ccccc2C1. The Morgan fingerprint density at radius 2 is 1.92 bits per heavy atom. The van der Waals surface area contributed by atoms with Gasteiger partial charge in [0.15, 0.2) is 5.96 Å². The molecule has 0 spiro atoms. The van der Waals surface area contributed by atoms with E-state index >= 15 is 0 Å². The van der Waals surface area contributed by atoms with Crippen molar-refractivity contribution >= 4 is 23.4 Å². The zero-order chi connectivity index (χ0) is 16.8. The van der Waals surface area contributed by atoms with Gasteiger partial charge in [-0.25, -0.2) is 0 Å². The summed E-state index contributed by atoms with van der Waals surface area (Å²) in [6.07, 6.45) is 3.14. The number of nitrogens with zero attached hydrogens (tertiary/aromatic N) is 2. The Morgan fingerprint density at radius 1 is 1.17 bits per heavy atom. The summed E-state index contributed by atoms with van der Waals surface area (Å²) < 4.78 is 0. The second-order valence-electron chi connectivity index (χ2n) is 5.76. The topological polar surface area (TPSA) is 53.6 Å². The van der Waals surface area contributed by atoms with Crippen molar-refractivity contribution in [3.63, 3.8) is 0 Å². The van der Waals surface area contributed by atoms with E-state index in [-0.39, 0.29) is 0 Å². The highest BCUT2D eigenvalue weighted by Gasteiger charge is 2.19. The Labute approximate surface area is 148 Å². The number of fused-ring (bicyclic) bond motifs is 1. The average molecular weight is 340 g/mol. The van der Waals surface area contributed by atoms with Crippen LogP contribution in [0.3, 0.4) is 0 Å². The van der Waals surface area contributed by atoms with Gasteiger partial charge in [-0.2, -0.15) is 0 Å². The number of benzene rings is 2. The van der Waals surface area contributed by atoms with E-state index in [0.717, 1.165) is 31.2 Å².